The molecule has 9 nitrogen and oxygen atoms in total. The molecule has 1 fully saturated rings. The van der Waals surface area contributed by atoms with Gasteiger partial charge in [0.25, 0.3) is 0 Å². The van der Waals surface area contributed by atoms with Crippen LogP contribution < -0.4 is 10.8 Å². The van der Waals surface area contributed by atoms with Gasteiger partial charge in [-0.05, 0) is 37.3 Å². The fourth-order valence-corrected chi connectivity index (χ4v) is 6.11. The summed E-state index contributed by atoms with van der Waals surface area (Å²) in [4.78, 5) is 12.8. The van der Waals surface area contributed by atoms with Gasteiger partial charge in [-0.15, -0.1) is 0 Å². The number of fused-ring (bicyclic) bond motifs is 1. The molecule has 0 aliphatic heterocycles. The quantitative estimate of drug-likeness (QED) is 0.301. The largest absolute Gasteiger partial charge is 0.365 e. The lowest BCUT2D eigenvalue weighted by molar-refractivity contribution is 0.104. The standard InChI is InChI=1S/C24H24ClFN6O3S/c25-16-9-19-20(13-32(24(19)28-11-16)36(34,35)14-15-5-2-1-3-6-15)22-27-12-21(26)23(30-22)29-17-7-4-8-18(10-17)31-33/h1-3,5-6,9,11-13,17-18,31,33H,4,7-8,10,14H2,(H,27,29,30)/t17-,18+/m0/s1. The molecule has 0 bridgehead atoms. The Labute approximate surface area is 212 Å². The van der Waals surface area contributed by atoms with Crippen molar-refractivity contribution < 1.29 is 18.0 Å². The minimum Gasteiger partial charge on any atom is -0.365 e. The van der Waals surface area contributed by atoms with E-state index in [-0.39, 0.29) is 35.1 Å². The van der Waals surface area contributed by atoms with Gasteiger partial charge in [-0.2, -0.15) is 0 Å². The maximum Gasteiger partial charge on any atom is 0.244 e. The topological polar surface area (TPSA) is 122 Å². The minimum atomic E-state index is -3.85. The number of hydrogen-bond acceptors (Lipinski definition) is 8. The number of hydroxylamine groups is 1. The number of halogens is 2. The van der Waals surface area contributed by atoms with E-state index in [4.69, 9.17) is 11.6 Å². The van der Waals surface area contributed by atoms with Gasteiger partial charge < -0.3 is 10.5 Å². The van der Waals surface area contributed by atoms with Gasteiger partial charge in [0.15, 0.2) is 23.1 Å². The number of benzene rings is 1. The van der Waals surface area contributed by atoms with Crippen molar-refractivity contribution in [2.45, 2.75) is 43.5 Å². The summed E-state index contributed by atoms with van der Waals surface area (Å²) >= 11 is 6.18. The van der Waals surface area contributed by atoms with Gasteiger partial charge in [-0.1, -0.05) is 41.9 Å². The highest BCUT2D eigenvalue weighted by Crippen LogP contribution is 2.32. The third-order valence-electron chi connectivity index (χ3n) is 6.25. The van der Waals surface area contributed by atoms with Crippen molar-refractivity contribution >= 4 is 38.5 Å². The van der Waals surface area contributed by atoms with Crippen LogP contribution in [0.5, 0.6) is 0 Å². The molecule has 3 aromatic heterocycles. The fraction of sp³-hybridized carbons (Fsp3) is 0.292. The van der Waals surface area contributed by atoms with Crippen molar-refractivity contribution in [3.8, 4) is 11.4 Å². The molecule has 3 heterocycles. The van der Waals surface area contributed by atoms with Crippen molar-refractivity contribution in [3.05, 3.63) is 71.4 Å². The molecule has 2 atom stereocenters. The molecular formula is C24H24ClFN6O3S. The number of pyridine rings is 1. The first kappa shape index (κ1) is 24.6. The van der Waals surface area contributed by atoms with Crippen LogP contribution in [0.2, 0.25) is 5.02 Å². The predicted molar refractivity (Wildman–Crippen MR) is 135 cm³/mol. The molecule has 0 unspecified atom stereocenters. The van der Waals surface area contributed by atoms with E-state index in [1.807, 2.05) is 6.07 Å². The highest BCUT2D eigenvalue weighted by Gasteiger charge is 2.25. The average Bonchev–Trinajstić information content (AvgIpc) is 3.25. The molecule has 1 aromatic carbocycles. The van der Waals surface area contributed by atoms with Crippen molar-refractivity contribution in [2.24, 2.45) is 0 Å². The summed E-state index contributed by atoms with van der Waals surface area (Å²) in [5.74, 6) is -0.726. The van der Waals surface area contributed by atoms with Crippen molar-refractivity contribution in [3.63, 3.8) is 0 Å². The summed E-state index contributed by atoms with van der Waals surface area (Å²) in [6.07, 6.45) is 6.92. The van der Waals surface area contributed by atoms with Crippen LogP contribution in [-0.4, -0.2) is 44.6 Å². The number of anilines is 1. The Morgan fingerprint density at radius 2 is 1.92 bits per heavy atom. The number of rotatable bonds is 7. The Morgan fingerprint density at radius 1 is 1.14 bits per heavy atom. The number of nitrogens with one attached hydrogen (secondary N) is 2. The second-order valence-electron chi connectivity index (χ2n) is 8.83. The van der Waals surface area contributed by atoms with Gasteiger partial charge in [0.1, 0.15) is 0 Å². The smallest absolute Gasteiger partial charge is 0.244 e. The van der Waals surface area contributed by atoms with Gasteiger partial charge in [-0.25, -0.2) is 37.2 Å². The molecule has 0 amide bonds. The fourth-order valence-electron chi connectivity index (χ4n) is 4.53. The van der Waals surface area contributed by atoms with Crippen LogP contribution in [0.25, 0.3) is 22.4 Å². The van der Waals surface area contributed by atoms with E-state index in [0.29, 0.717) is 28.0 Å². The number of hydrogen-bond donors (Lipinski definition) is 3. The van der Waals surface area contributed by atoms with E-state index in [1.54, 1.807) is 30.3 Å². The van der Waals surface area contributed by atoms with Crippen molar-refractivity contribution in [2.75, 3.05) is 5.32 Å². The van der Waals surface area contributed by atoms with Crippen LogP contribution in [0.1, 0.15) is 31.2 Å². The molecule has 0 spiro atoms. The molecule has 1 aliphatic carbocycles. The molecule has 1 aliphatic rings. The van der Waals surface area contributed by atoms with E-state index in [1.165, 1.54) is 12.4 Å². The molecule has 4 aromatic rings. The maximum absolute atomic E-state index is 14.6. The summed E-state index contributed by atoms with van der Waals surface area (Å²) < 4.78 is 42.4. The molecular weight excluding hydrogens is 507 g/mol. The highest BCUT2D eigenvalue weighted by molar-refractivity contribution is 7.89. The average molecular weight is 531 g/mol. The highest BCUT2D eigenvalue weighted by atomic mass is 35.5. The Balaban J connectivity index is 1.54. The zero-order valence-corrected chi connectivity index (χ0v) is 20.7. The second-order valence-corrected chi connectivity index (χ2v) is 11.1. The lowest BCUT2D eigenvalue weighted by Gasteiger charge is -2.29. The molecule has 1 saturated carbocycles. The van der Waals surface area contributed by atoms with Gasteiger partial charge in [0.05, 0.1) is 17.0 Å². The van der Waals surface area contributed by atoms with Gasteiger partial charge in [-0.3, -0.25) is 0 Å². The van der Waals surface area contributed by atoms with Crippen LogP contribution >= 0.6 is 11.6 Å². The monoisotopic (exact) mass is 530 g/mol. The van der Waals surface area contributed by atoms with Crippen LogP contribution in [0, 0.1) is 5.82 Å². The Hall–Kier alpha value is -3.12. The van der Waals surface area contributed by atoms with E-state index >= 15 is 0 Å². The summed E-state index contributed by atoms with van der Waals surface area (Å²) in [5, 5.41) is 13.1. The van der Waals surface area contributed by atoms with Gasteiger partial charge >= 0.3 is 0 Å². The van der Waals surface area contributed by atoms with E-state index in [9.17, 15) is 18.0 Å². The summed E-state index contributed by atoms with van der Waals surface area (Å²) in [5.41, 5.74) is 3.45. The zero-order chi connectivity index (χ0) is 25.3. The van der Waals surface area contributed by atoms with Crippen molar-refractivity contribution in [1.29, 1.82) is 0 Å². The van der Waals surface area contributed by atoms with Crippen LogP contribution in [0.15, 0.2) is 55.0 Å². The normalized spacial score (nSPS) is 18.4. The molecule has 36 heavy (non-hydrogen) atoms. The Morgan fingerprint density at radius 3 is 2.69 bits per heavy atom. The first-order valence-corrected chi connectivity index (χ1v) is 13.5. The van der Waals surface area contributed by atoms with Crippen LogP contribution in [0.3, 0.4) is 0 Å². The van der Waals surface area contributed by atoms with Gasteiger partial charge in [0, 0.05) is 35.4 Å². The van der Waals surface area contributed by atoms with Crippen LogP contribution in [-0.2, 0) is 15.8 Å². The molecule has 3 N–H and O–H groups in total. The molecule has 0 saturated heterocycles. The van der Waals surface area contributed by atoms with E-state index in [0.717, 1.165) is 29.4 Å². The third kappa shape index (κ3) is 5.05. The first-order chi connectivity index (χ1) is 17.3. The Kier molecular flexibility index (Phi) is 6.89. The number of aromatic nitrogens is 4. The summed E-state index contributed by atoms with van der Waals surface area (Å²) in [6, 6.07) is 10.2. The lowest BCUT2D eigenvalue weighted by atomic mass is 9.91. The maximum atomic E-state index is 14.6. The Bertz CT molecular complexity index is 1500. The first-order valence-electron chi connectivity index (χ1n) is 11.5. The second kappa shape index (κ2) is 10.1. The molecule has 12 heteroatoms. The minimum absolute atomic E-state index is 0.00613. The van der Waals surface area contributed by atoms with Gasteiger partial charge in [0.2, 0.25) is 10.0 Å². The molecule has 188 valence electrons. The zero-order valence-electron chi connectivity index (χ0n) is 19.1. The summed E-state index contributed by atoms with van der Waals surface area (Å²) in [7, 11) is -3.85. The van der Waals surface area contributed by atoms with Crippen molar-refractivity contribution in [1.82, 2.24) is 24.4 Å². The SMILES string of the molecule is O=S(=O)(Cc1ccccc1)n1cc(-c2ncc(F)c(N[C@H]3CCC[C@@H](NO)C3)n2)c2cc(Cl)cnc21. The predicted octanol–water partition coefficient (Wildman–Crippen LogP) is 4.37. The number of nitrogens with zero attached hydrogens (tertiary/aromatic N) is 4. The van der Waals surface area contributed by atoms with E-state index in [2.05, 4.69) is 25.7 Å². The molecule has 0 radical (unpaired) electrons. The summed E-state index contributed by atoms with van der Waals surface area (Å²) in [6.45, 7) is 0. The molecule has 5 rings (SSSR count). The lowest BCUT2D eigenvalue weighted by Crippen LogP contribution is -2.37. The van der Waals surface area contributed by atoms with E-state index < -0.39 is 15.8 Å². The third-order valence-corrected chi connectivity index (χ3v) is 8.04. The van der Waals surface area contributed by atoms with Crippen LogP contribution in [0.4, 0.5) is 10.2 Å².